The zero-order chi connectivity index (χ0) is 24.1. The van der Waals surface area contributed by atoms with Crippen LogP contribution in [-0.4, -0.2) is 54.3 Å². The minimum Gasteiger partial charge on any atom is -0.497 e. The van der Waals surface area contributed by atoms with Gasteiger partial charge in [0.2, 0.25) is 0 Å². The van der Waals surface area contributed by atoms with Gasteiger partial charge < -0.3 is 4.74 Å². The first-order chi connectivity index (χ1) is 17.7. The highest BCUT2D eigenvalue weighted by molar-refractivity contribution is 5.78. The summed E-state index contributed by atoms with van der Waals surface area (Å²) >= 11 is 0. The molecule has 1 N–H and O–H groups in total. The molecule has 0 amide bonds. The normalized spacial score (nSPS) is 37.5. The van der Waals surface area contributed by atoms with Gasteiger partial charge in [-0.3, -0.25) is 14.8 Å². The average molecular weight is 491 g/mol. The number of nitrogens with zero attached hydrogens (tertiary/aromatic N) is 2. The lowest BCUT2D eigenvalue weighted by Gasteiger charge is -2.57. The van der Waals surface area contributed by atoms with Crippen molar-refractivity contribution in [2.24, 2.45) is 29.1 Å². The van der Waals surface area contributed by atoms with Gasteiger partial charge in [0.25, 0.3) is 0 Å². The molecule has 0 saturated heterocycles. The fraction of sp³-hybridized carbons (Fsp3) is 0.781. The zero-order valence-corrected chi connectivity index (χ0v) is 22.6. The molecule has 0 aromatic heterocycles. The summed E-state index contributed by atoms with van der Waals surface area (Å²) in [5.74, 6) is 6.56. The van der Waals surface area contributed by atoms with Gasteiger partial charge in [0.15, 0.2) is 0 Å². The Bertz CT molecular complexity index is 927. The van der Waals surface area contributed by atoms with Gasteiger partial charge in [-0.2, -0.15) is 0 Å². The third-order valence-electron chi connectivity index (χ3n) is 11.3. The lowest BCUT2D eigenvalue weighted by molar-refractivity contribution is -0.552. The quantitative estimate of drug-likeness (QED) is 0.464. The van der Waals surface area contributed by atoms with E-state index in [9.17, 15) is 0 Å². The van der Waals surface area contributed by atoms with Crippen molar-refractivity contribution in [2.45, 2.75) is 102 Å². The molecule has 2 unspecified atom stereocenters. The van der Waals surface area contributed by atoms with Crippen molar-refractivity contribution < 1.29 is 9.31 Å². The number of guanidine groups is 1. The molecular formula is C32H48N3O+. The molecule has 1 aromatic rings. The fourth-order valence-electron chi connectivity index (χ4n) is 10.1. The monoisotopic (exact) mass is 490 g/mol. The Balaban J connectivity index is 1.09. The van der Waals surface area contributed by atoms with Crippen LogP contribution >= 0.6 is 0 Å². The maximum atomic E-state index is 5.43. The van der Waals surface area contributed by atoms with E-state index in [2.05, 4.69) is 39.1 Å². The second kappa shape index (κ2) is 9.55. The number of nitrogens with one attached hydrogen (secondary N) is 1. The molecule has 0 radical (unpaired) electrons. The average Bonchev–Trinajstić information content (AvgIpc) is 3.42. The summed E-state index contributed by atoms with van der Waals surface area (Å²) in [6.07, 6.45) is 20.5. The molecule has 36 heavy (non-hydrogen) atoms. The Morgan fingerprint density at radius 2 is 1.67 bits per heavy atom. The van der Waals surface area contributed by atoms with E-state index in [1.807, 2.05) is 0 Å². The van der Waals surface area contributed by atoms with Gasteiger partial charge in [-0.05, 0) is 98.1 Å². The van der Waals surface area contributed by atoms with Crippen LogP contribution in [0.25, 0.3) is 0 Å². The first kappa shape index (κ1) is 23.4. The predicted octanol–water partition coefficient (Wildman–Crippen LogP) is 5.84. The topological polar surface area (TPSA) is 27.5 Å². The van der Waals surface area contributed by atoms with E-state index in [1.54, 1.807) is 26.4 Å². The number of rotatable bonds is 8. The van der Waals surface area contributed by atoms with Gasteiger partial charge in [0.05, 0.1) is 20.2 Å². The van der Waals surface area contributed by atoms with Crippen LogP contribution in [0.1, 0.15) is 89.0 Å². The van der Waals surface area contributed by atoms with Crippen LogP contribution in [0.4, 0.5) is 0 Å². The van der Waals surface area contributed by atoms with Gasteiger partial charge >= 0.3 is 5.96 Å². The Hall–Kier alpha value is -1.71. The Morgan fingerprint density at radius 1 is 0.972 bits per heavy atom. The molecule has 4 heteroatoms. The van der Waals surface area contributed by atoms with E-state index >= 15 is 0 Å². The van der Waals surface area contributed by atoms with E-state index in [0.29, 0.717) is 17.5 Å². The minimum atomic E-state index is 0.587. The third-order valence-corrected chi connectivity index (χ3v) is 11.3. The van der Waals surface area contributed by atoms with E-state index in [1.165, 1.54) is 88.8 Å². The number of ether oxygens (including phenoxy) is 1. The van der Waals surface area contributed by atoms with Crippen molar-refractivity contribution >= 4 is 5.96 Å². The highest BCUT2D eigenvalue weighted by atomic mass is 16.5. The largest absolute Gasteiger partial charge is 0.497 e. The molecule has 2 atom stereocenters. The highest BCUT2D eigenvalue weighted by Crippen LogP contribution is 2.61. The minimum absolute atomic E-state index is 0.587. The zero-order valence-electron chi connectivity index (χ0n) is 22.6. The molecule has 2 aliphatic heterocycles. The van der Waals surface area contributed by atoms with Crippen LogP contribution in [0, 0.1) is 29.1 Å². The van der Waals surface area contributed by atoms with Gasteiger partial charge in [0.1, 0.15) is 24.4 Å². The summed E-state index contributed by atoms with van der Waals surface area (Å²) in [4.78, 5) is 2.84. The van der Waals surface area contributed by atoms with Crippen molar-refractivity contribution in [3.8, 4) is 5.75 Å². The van der Waals surface area contributed by atoms with Gasteiger partial charge in [-0.25, -0.2) is 0 Å². The van der Waals surface area contributed by atoms with Crippen molar-refractivity contribution in [2.75, 3.05) is 26.7 Å². The van der Waals surface area contributed by atoms with Crippen molar-refractivity contribution in [3.05, 3.63) is 29.8 Å². The van der Waals surface area contributed by atoms with Crippen LogP contribution in [-0.2, 0) is 6.42 Å². The van der Waals surface area contributed by atoms with E-state index in [4.69, 9.17) is 4.74 Å². The van der Waals surface area contributed by atoms with Crippen LogP contribution in [0.5, 0.6) is 5.75 Å². The SMILES string of the molecule is COc1ccc(CC2C[N+]3=C(NCC3CC3CCCCC3)N2CCC23CC4CC(CC(C4)C2)C3)cc1. The second-order valence-electron chi connectivity index (χ2n) is 13.8. The number of hydrogen-bond donors (Lipinski definition) is 1. The van der Waals surface area contributed by atoms with Crippen LogP contribution in [0.15, 0.2) is 24.3 Å². The Labute approximate surface area is 218 Å². The molecule has 5 aliphatic carbocycles. The maximum Gasteiger partial charge on any atom is 0.349 e. The summed E-state index contributed by atoms with van der Waals surface area (Å²) in [6.45, 7) is 3.61. The Morgan fingerprint density at radius 3 is 2.33 bits per heavy atom. The van der Waals surface area contributed by atoms with Crippen LogP contribution in [0.2, 0.25) is 0 Å². The smallest absolute Gasteiger partial charge is 0.349 e. The molecular weight excluding hydrogens is 442 g/mol. The van der Waals surface area contributed by atoms with Crippen LogP contribution in [0.3, 0.4) is 0 Å². The van der Waals surface area contributed by atoms with Crippen molar-refractivity contribution in [1.82, 2.24) is 10.2 Å². The molecule has 8 rings (SSSR count). The predicted molar refractivity (Wildman–Crippen MR) is 146 cm³/mol. The number of hydrogen-bond acceptors (Lipinski definition) is 3. The molecule has 4 bridgehead atoms. The molecule has 5 fully saturated rings. The number of methoxy groups -OCH3 is 1. The van der Waals surface area contributed by atoms with E-state index in [-0.39, 0.29) is 0 Å². The van der Waals surface area contributed by atoms with Crippen molar-refractivity contribution in [3.63, 3.8) is 0 Å². The lowest BCUT2D eigenvalue weighted by Crippen LogP contribution is -2.50. The summed E-state index contributed by atoms with van der Waals surface area (Å²) in [5.41, 5.74) is 2.11. The summed E-state index contributed by atoms with van der Waals surface area (Å²) < 4.78 is 8.24. The van der Waals surface area contributed by atoms with E-state index < -0.39 is 0 Å². The molecule has 196 valence electrons. The van der Waals surface area contributed by atoms with Gasteiger partial charge in [-0.1, -0.05) is 44.2 Å². The summed E-state index contributed by atoms with van der Waals surface area (Å²) in [6, 6.07) is 10.1. The van der Waals surface area contributed by atoms with E-state index in [0.717, 1.165) is 42.4 Å². The summed E-state index contributed by atoms with van der Waals surface area (Å²) in [7, 11) is 1.77. The van der Waals surface area contributed by atoms with Gasteiger partial charge in [0, 0.05) is 6.42 Å². The fourth-order valence-corrected chi connectivity index (χ4v) is 10.1. The molecule has 2 heterocycles. The molecule has 5 saturated carbocycles. The maximum absolute atomic E-state index is 5.43. The second-order valence-corrected chi connectivity index (χ2v) is 13.8. The molecule has 7 aliphatic rings. The third kappa shape index (κ3) is 4.45. The first-order valence-electron chi connectivity index (χ1n) is 15.4. The molecule has 4 nitrogen and oxygen atoms in total. The van der Waals surface area contributed by atoms with Gasteiger partial charge in [-0.15, -0.1) is 0 Å². The standard InChI is InChI=1S/C32H47N3O/c1-36-30-9-7-24(8-10-30)17-29-22-35-28(16-23-5-3-2-4-6-23)21-33-31(35)34(29)12-11-32-18-25-13-26(19-32)15-27(14-25)20-32/h7-10,23,25-29H,2-6,11-22H2,1H3/p+1. The lowest BCUT2D eigenvalue weighted by atomic mass is 9.49. The van der Waals surface area contributed by atoms with Crippen LogP contribution < -0.4 is 10.1 Å². The van der Waals surface area contributed by atoms with Crippen molar-refractivity contribution in [1.29, 1.82) is 0 Å². The molecule has 0 spiro atoms. The molecule has 1 aromatic carbocycles. The first-order valence-corrected chi connectivity index (χ1v) is 15.4. The number of benzene rings is 1. The Kier molecular flexibility index (Phi) is 6.21. The summed E-state index contributed by atoms with van der Waals surface area (Å²) in [5, 5.41) is 3.95. The highest BCUT2D eigenvalue weighted by Gasteiger charge is 2.52.